The lowest BCUT2D eigenvalue weighted by atomic mass is 10.1. The number of nitrogens with two attached hydrogens (primary N) is 1. The Labute approximate surface area is 124 Å². The molecule has 4 heteroatoms. The normalized spacial score (nSPS) is 12.5. The van der Waals surface area contributed by atoms with Crippen LogP contribution in [-0.2, 0) is 6.42 Å². The highest BCUT2D eigenvalue weighted by molar-refractivity contribution is 5.80. The summed E-state index contributed by atoms with van der Waals surface area (Å²) in [5, 5.41) is 1.12. The van der Waals surface area contributed by atoms with Crippen molar-refractivity contribution < 1.29 is 0 Å². The molecule has 0 aliphatic heterocycles. The summed E-state index contributed by atoms with van der Waals surface area (Å²) >= 11 is 0. The highest BCUT2D eigenvalue weighted by atomic mass is 14.9. The van der Waals surface area contributed by atoms with E-state index in [-0.39, 0.29) is 6.04 Å². The Kier molecular flexibility index (Phi) is 3.62. The van der Waals surface area contributed by atoms with E-state index < -0.39 is 0 Å². The van der Waals surface area contributed by atoms with Gasteiger partial charge in [-0.2, -0.15) is 0 Å². The highest BCUT2D eigenvalue weighted by Gasteiger charge is 2.08. The summed E-state index contributed by atoms with van der Waals surface area (Å²) < 4.78 is 0. The van der Waals surface area contributed by atoms with Crippen LogP contribution in [0.15, 0.2) is 42.5 Å². The molecule has 0 saturated carbocycles. The summed E-state index contributed by atoms with van der Waals surface area (Å²) in [5.41, 5.74) is 9.51. The lowest BCUT2D eigenvalue weighted by Gasteiger charge is -2.08. The zero-order valence-electron chi connectivity index (χ0n) is 12.2. The molecule has 3 aromatic rings. The molecule has 4 nitrogen and oxygen atoms in total. The van der Waals surface area contributed by atoms with E-state index in [1.165, 1.54) is 0 Å². The van der Waals surface area contributed by atoms with E-state index in [0.717, 1.165) is 34.4 Å². The van der Waals surface area contributed by atoms with Crippen LogP contribution in [0, 0.1) is 6.92 Å². The molecule has 0 bridgehead atoms. The van der Waals surface area contributed by atoms with Gasteiger partial charge in [-0.1, -0.05) is 24.3 Å². The second-order valence-electron chi connectivity index (χ2n) is 5.39. The number of hydrogen-bond donors (Lipinski definition) is 1. The average Bonchev–Trinajstić information content (AvgIpc) is 2.45. The molecule has 2 heterocycles. The Morgan fingerprint density at radius 1 is 1.05 bits per heavy atom. The SMILES string of the molecule is Cc1cc(CC(C)N)nc(-c2ccc3ccccc3n2)n1. The quantitative estimate of drug-likeness (QED) is 0.800. The predicted octanol–water partition coefficient (Wildman–Crippen LogP) is 2.89. The van der Waals surface area contributed by atoms with E-state index in [1.54, 1.807) is 0 Å². The zero-order chi connectivity index (χ0) is 14.8. The van der Waals surface area contributed by atoms with Crippen molar-refractivity contribution in [2.75, 3.05) is 0 Å². The minimum Gasteiger partial charge on any atom is -0.328 e. The van der Waals surface area contributed by atoms with Gasteiger partial charge in [0.05, 0.1) is 5.52 Å². The Bertz CT molecular complexity index is 781. The molecule has 1 aromatic carbocycles. The minimum absolute atomic E-state index is 0.0803. The highest BCUT2D eigenvalue weighted by Crippen LogP contribution is 2.19. The first-order valence-electron chi connectivity index (χ1n) is 7.08. The number of rotatable bonds is 3. The predicted molar refractivity (Wildman–Crippen MR) is 84.9 cm³/mol. The fourth-order valence-corrected chi connectivity index (χ4v) is 2.37. The third kappa shape index (κ3) is 3.06. The smallest absolute Gasteiger partial charge is 0.178 e. The number of pyridine rings is 1. The van der Waals surface area contributed by atoms with Gasteiger partial charge in [0, 0.05) is 29.2 Å². The van der Waals surface area contributed by atoms with Crippen LogP contribution >= 0.6 is 0 Å². The van der Waals surface area contributed by atoms with Crippen LogP contribution in [0.5, 0.6) is 0 Å². The first-order chi connectivity index (χ1) is 10.1. The second kappa shape index (κ2) is 5.58. The van der Waals surface area contributed by atoms with Gasteiger partial charge in [0.2, 0.25) is 0 Å². The third-order valence-corrected chi connectivity index (χ3v) is 3.27. The van der Waals surface area contributed by atoms with Crippen LogP contribution < -0.4 is 5.73 Å². The van der Waals surface area contributed by atoms with E-state index >= 15 is 0 Å². The molecule has 2 N–H and O–H groups in total. The molecule has 0 radical (unpaired) electrons. The largest absolute Gasteiger partial charge is 0.328 e. The molecule has 0 amide bonds. The van der Waals surface area contributed by atoms with Gasteiger partial charge in [-0.15, -0.1) is 0 Å². The topological polar surface area (TPSA) is 64.7 Å². The summed E-state index contributed by atoms with van der Waals surface area (Å²) in [6.07, 6.45) is 0.740. The maximum absolute atomic E-state index is 5.86. The lowest BCUT2D eigenvalue weighted by Crippen LogP contribution is -2.19. The summed E-state index contributed by atoms with van der Waals surface area (Å²) in [4.78, 5) is 13.8. The van der Waals surface area contributed by atoms with Gasteiger partial charge < -0.3 is 5.73 Å². The fraction of sp³-hybridized carbons (Fsp3) is 0.235. The van der Waals surface area contributed by atoms with Gasteiger partial charge in [-0.3, -0.25) is 0 Å². The average molecular weight is 278 g/mol. The van der Waals surface area contributed by atoms with E-state index in [9.17, 15) is 0 Å². The van der Waals surface area contributed by atoms with E-state index in [0.29, 0.717) is 5.82 Å². The number of hydrogen-bond acceptors (Lipinski definition) is 4. The molecule has 1 atom stereocenters. The molecular weight excluding hydrogens is 260 g/mol. The standard InChI is InChI=1S/C17H18N4/c1-11(18)9-14-10-12(2)19-17(20-14)16-8-7-13-5-3-4-6-15(13)21-16/h3-8,10-11H,9,18H2,1-2H3. The third-order valence-electron chi connectivity index (χ3n) is 3.27. The van der Waals surface area contributed by atoms with Gasteiger partial charge in [-0.05, 0) is 32.0 Å². The summed E-state index contributed by atoms with van der Waals surface area (Å²) in [6, 6.07) is 14.1. The Morgan fingerprint density at radius 2 is 1.86 bits per heavy atom. The van der Waals surface area contributed by atoms with Crippen LogP contribution in [-0.4, -0.2) is 21.0 Å². The van der Waals surface area contributed by atoms with Crippen molar-refractivity contribution in [3.63, 3.8) is 0 Å². The molecule has 106 valence electrons. The molecule has 3 rings (SSSR count). The number of nitrogens with zero attached hydrogens (tertiary/aromatic N) is 3. The monoisotopic (exact) mass is 278 g/mol. The lowest BCUT2D eigenvalue weighted by molar-refractivity contribution is 0.719. The number of aryl methyl sites for hydroxylation is 1. The maximum Gasteiger partial charge on any atom is 0.178 e. The second-order valence-corrected chi connectivity index (χ2v) is 5.39. The van der Waals surface area contributed by atoms with Crippen LogP contribution in [0.2, 0.25) is 0 Å². The number of para-hydroxylation sites is 1. The van der Waals surface area contributed by atoms with Gasteiger partial charge in [0.15, 0.2) is 5.82 Å². The van der Waals surface area contributed by atoms with Crippen LogP contribution in [0.25, 0.3) is 22.4 Å². The number of aromatic nitrogens is 3. The van der Waals surface area contributed by atoms with Crippen LogP contribution in [0.4, 0.5) is 0 Å². The molecule has 0 saturated heterocycles. The van der Waals surface area contributed by atoms with Crippen molar-refractivity contribution in [1.82, 2.24) is 15.0 Å². The Balaban J connectivity index is 2.06. The number of benzene rings is 1. The van der Waals surface area contributed by atoms with Gasteiger partial charge >= 0.3 is 0 Å². The Hall–Kier alpha value is -2.33. The molecule has 2 aromatic heterocycles. The van der Waals surface area contributed by atoms with E-state index in [2.05, 4.69) is 21.0 Å². The zero-order valence-corrected chi connectivity index (χ0v) is 12.2. The van der Waals surface area contributed by atoms with Crippen molar-refractivity contribution in [3.05, 3.63) is 53.9 Å². The maximum atomic E-state index is 5.86. The first kappa shape index (κ1) is 13.6. The summed E-state index contributed by atoms with van der Waals surface area (Å²) in [7, 11) is 0. The molecular formula is C17H18N4. The molecule has 21 heavy (non-hydrogen) atoms. The summed E-state index contributed by atoms with van der Waals surface area (Å²) in [6.45, 7) is 3.95. The van der Waals surface area contributed by atoms with Gasteiger partial charge in [0.1, 0.15) is 5.69 Å². The van der Waals surface area contributed by atoms with Crippen LogP contribution in [0.1, 0.15) is 18.3 Å². The van der Waals surface area contributed by atoms with Crippen molar-refractivity contribution >= 4 is 10.9 Å². The first-order valence-corrected chi connectivity index (χ1v) is 7.08. The van der Waals surface area contributed by atoms with Crippen molar-refractivity contribution in [2.45, 2.75) is 26.3 Å². The van der Waals surface area contributed by atoms with Crippen molar-refractivity contribution in [1.29, 1.82) is 0 Å². The molecule has 0 fully saturated rings. The molecule has 1 unspecified atom stereocenters. The van der Waals surface area contributed by atoms with E-state index in [4.69, 9.17) is 5.73 Å². The van der Waals surface area contributed by atoms with Gasteiger partial charge in [-0.25, -0.2) is 15.0 Å². The molecule has 0 spiro atoms. The summed E-state index contributed by atoms with van der Waals surface area (Å²) in [5.74, 6) is 0.663. The van der Waals surface area contributed by atoms with Crippen molar-refractivity contribution in [2.24, 2.45) is 5.73 Å². The molecule has 0 aliphatic rings. The minimum atomic E-state index is 0.0803. The fourth-order valence-electron chi connectivity index (χ4n) is 2.37. The Morgan fingerprint density at radius 3 is 2.67 bits per heavy atom. The van der Waals surface area contributed by atoms with Gasteiger partial charge in [0.25, 0.3) is 0 Å². The molecule has 0 aliphatic carbocycles. The van der Waals surface area contributed by atoms with E-state index in [1.807, 2.05) is 50.2 Å². The van der Waals surface area contributed by atoms with Crippen LogP contribution in [0.3, 0.4) is 0 Å². The van der Waals surface area contributed by atoms with Crippen molar-refractivity contribution in [3.8, 4) is 11.5 Å². The number of fused-ring (bicyclic) bond motifs is 1.